The first-order valence-corrected chi connectivity index (χ1v) is 9.49. The minimum absolute atomic E-state index is 0.115. The van der Waals surface area contributed by atoms with E-state index in [1.54, 1.807) is 20.3 Å². The van der Waals surface area contributed by atoms with Crippen molar-refractivity contribution in [2.75, 3.05) is 24.9 Å². The predicted molar refractivity (Wildman–Crippen MR) is 110 cm³/mol. The van der Waals surface area contributed by atoms with Crippen LogP contribution in [0.3, 0.4) is 0 Å². The van der Waals surface area contributed by atoms with Gasteiger partial charge in [0.15, 0.2) is 16.6 Å². The molecular formula is C20H21N3O4S. The van der Waals surface area contributed by atoms with Crippen LogP contribution < -0.4 is 20.1 Å². The van der Waals surface area contributed by atoms with E-state index in [4.69, 9.17) is 9.47 Å². The Balaban J connectivity index is 1.62. The van der Waals surface area contributed by atoms with Crippen molar-refractivity contribution in [1.29, 1.82) is 0 Å². The Hall–Kier alpha value is -3.13. The van der Waals surface area contributed by atoms with Gasteiger partial charge in [-0.05, 0) is 42.3 Å². The standard InChI is InChI=1S/C20H21N3O4S/c1-12(24)21-14-6-7-15-18(11-14)28-20(22-15)23-19(25)9-5-13-4-8-16(26-2)17(10-13)27-3/h4,6-8,10-11H,5,9H2,1-3H3,(H,21,24)(H,22,23,25). The van der Waals surface area contributed by atoms with E-state index in [0.717, 1.165) is 15.8 Å². The normalized spacial score (nSPS) is 10.5. The zero-order valence-electron chi connectivity index (χ0n) is 15.9. The molecule has 28 heavy (non-hydrogen) atoms. The van der Waals surface area contributed by atoms with E-state index in [2.05, 4.69) is 15.6 Å². The quantitative estimate of drug-likeness (QED) is 0.630. The average Bonchev–Trinajstić information content (AvgIpc) is 3.06. The number of hydrogen-bond donors (Lipinski definition) is 2. The molecule has 0 saturated carbocycles. The number of benzene rings is 2. The molecule has 2 N–H and O–H groups in total. The van der Waals surface area contributed by atoms with Crippen LogP contribution in [0.1, 0.15) is 18.9 Å². The molecule has 0 bridgehead atoms. The van der Waals surface area contributed by atoms with E-state index in [9.17, 15) is 9.59 Å². The molecule has 0 atom stereocenters. The van der Waals surface area contributed by atoms with E-state index in [-0.39, 0.29) is 11.8 Å². The molecule has 0 radical (unpaired) electrons. The van der Waals surface area contributed by atoms with Crippen LogP contribution in [-0.2, 0) is 16.0 Å². The molecule has 3 aromatic rings. The molecule has 7 nitrogen and oxygen atoms in total. The number of anilines is 2. The summed E-state index contributed by atoms with van der Waals surface area (Å²) in [5, 5.41) is 6.11. The first-order valence-electron chi connectivity index (χ1n) is 8.67. The Bertz CT molecular complexity index is 1020. The van der Waals surface area contributed by atoms with Crippen molar-refractivity contribution in [2.24, 2.45) is 0 Å². The predicted octanol–water partition coefficient (Wildman–Crippen LogP) is 3.84. The van der Waals surface area contributed by atoms with Gasteiger partial charge in [0.2, 0.25) is 11.8 Å². The second kappa shape index (κ2) is 8.71. The maximum absolute atomic E-state index is 12.3. The molecule has 0 unspecified atom stereocenters. The van der Waals surface area contributed by atoms with Gasteiger partial charge in [-0.15, -0.1) is 0 Å². The number of aromatic nitrogens is 1. The summed E-state index contributed by atoms with van der Waals surface area (Å²) in [5.74, 6) is 1.05. The minimum Gasteiger partial charge on any atom is -0.493 e. The average molecular weight is 399 g/mol. The van der Waals surface area contributed by atoms with Gasteiger partial charge in [0, 0.05) is 19.0 Å². The Labute approximate surface area is 166 Å². The molecule has 1 aromatic heterocycles. The fourth-order valence-corrected chi connectivity index (χ4v) is 3.66. The van der Waals surface area contributed by atoms with Crippen molar-refractivity contribution in [3.63, 3.8) is 0 Å². The molecule has 3 rings (SSSR count). The second-order valence-corrected chi connectivity index (χ2v) is 7.15. The van der Waals surface area contributed by atoms with Crippen LogP contribution in [0.4, 0.5) is 10.8 Å². The van der Waals surface area contributed by atoms with Crippen LogP contribution in [-0.4, -0.2) is 31.0 Å². The van der Waals surface area contributed by atoms with Gasteiger partial charge < -0.3 is 20.1 Å². The Morgan fingerprint density at radius 2 is 1.82 bits per heavy atom. The SMILES string of the molecule is COc1ccc(CCC(=O)Nc2nc3ccc(NC(C)=O)cc3s2)cc1OC. The van der Waals surface area contributed by atoms with E-state index in [1.807, 2.05) is 30.3 Å². The lowest BCUT2D eigenvalue weighted by Crippen LogP contribution is -2.12. The molecule has 1 heterocycles. The summed E-state index contributed by atoms with van der Waals surface area (Å²) < 4.78 is 11.4. The van der Waals surface area contributed by atoms with Gasteiger partial charge in [-0.3, -0.25) is 9.59 Å². The van der Waals surface area contributed by atoms with Crippen molar-refractivity contribution in [3.8, 4) is 11.5 Å². The van der Waals surface area contributed by atoms with Crippen LogP contribution in [0.15, 0.2) is 36.4 Å². The number of aryl methyl sites for hydroxylation is 1. The van der Waals surface area contributed by atoms with Gasteiger partial charge in [-0.1, -0.05) is 17.4 Å². The number of nitrogens with one attached hydrogen (secondary N) is 2. The molecule has 8 heteroatoms. The van der Waals surface area contributed by atoms with Gasteiger partial charge in [0.05, 0.1) is 24.4 Å². The minimum atomic E-state index is -0.132. The van der Waals surface area contributed by atoms with Crippen LogP contribution in [0.2, 0.25) is 0 Å². The number of nitrogens with zero attached hydrogens (tertiary/aromatic N) is 1. The van der Waals surface area contributed by atoms with Crippen molar-refractivity contribution in [1.82, 2.24) is 4.98 Å². The van der Waals surface area contributed by atoms with E-state index < -0.39 is 0 Å². The highest BCUT2D eigenvalue weighted by atomic mass is 32.1. The number of hydrogen-bond acceptors (Lipinski definition) is 6. The lowest BCUT2D eigenvalue weighted by molar-refractivity contribution is -0.116. The lowest BCUT2D eigenvalue weighted by atomic mass is 10.1. The van der Waals surface area contributed by atoms with Gasteiger partial charge in [-0.2, -0.15) is 0 Å². The molecule has 0 aliphatic heterocycles. The molecule has 0 saturated heterocycles. The third kappa shape index (κ3) is 4.77. The van der Waals surface area contributed by atoms with Crippen LogP contribution in [0.5, 0.6) is 11.5 Å². The topological polar surface area (TPSA) is 89.5 Å². The Morgan fingerprint density at radius 1 is 1.04 bits per heavy atom. The van der Waals surface area contributed by atoms with Crippen LogP contribution >= 0.6 is 11.3 Å². The number of ether oxygens (including phenoxy) is 2. The van der Waals surface area contributed by atoms with E-state index in [0.29, 0.717) is 35.2 Å². The lowest BCUT2D eigenvalue weighted by Gasteiger charge is -2.09. The maximum Gasteiger partial charge on any atom is 0.226 e. The highest BCUT2D eigenvalue weighted by Crippen LogP contribution is 2.29. The second-order valence-electron chi connectivity index (χ2n) is 6.12. The third-order valence-corrected chi connectivity index (χ3v) is 4.98. The summed E-state index contributed by atoms with van der Waals surface area (Å²) in [6, 6.07) is 11.0. The maximum atomic E-state index is 12.3. The summed E-state index contributed by atoms with van der Waals surface area (Å²) in [6.07, 6.45) is 0.895. The van der Waals surface area contributed by atoms with E-state index in [1.165, 1.54) is 18.3 Å². The van der Waals surface area contributed by atoms with Crippen molar-refractivity contribution in [2.45, 2.75) is 19.8 Å². The van der Waals surface area contributed by atoms with E-state index >= 15 is 0 Å². The summed E-state index contributed by atoms with van der Waals surface area (Å²) in [5.41, 5.74) is 2.46. The van der Waals surface area contributed by atoms with Gasteiger partial charge in [0.1, 0.15) is 0 Å². The molecular weight excluding hydrogens is 378 g/mol. The number of carbonyl (C=O) groups is 2. The number of carbonyl (C=O) groups excluding carboxylic acids is 2. The molecule has 0 aliphatic carbocycles. The summed E-state index contributed by atoms with van der Waals surface area (Å²) in [4.78, 5) is 27.9. The summed E-state index contributed by atoms with van der Waals surface area (Å²) >= 11 is 1.37. The largest absolute Gasteiger partial charge is 0.493 e. The fraction of sp³-hybridized carbons (Fsp3) is 0.250. The molecule has 0 spiro atoms. The molecule has 0 aliphatic rings. The smallest absolute Gasteiger partial charge is 0.226 e. The van der Waals surface area contributed by atoms with Gasteiger partial charge in [0.25, 0.3) is 0 Å². The monoisotopic (exact) mass is 399 g/mol. The van der Waals surface area contributed by atoms with Gasteiger partial charge >= 0.3 is 0 Å². The molecule has 146 valence electrons. The van der Waals surface area contributed by atoms with Crippen LogP contribution in [0.25, 0.3) is 10.2 Å². The van der Waals surface area contributed by atoms with Crippen molar-refractivity contribution in [3.05, 3.63) is 42.0 Å². The molecule has 0 fully saturated rings. The number of thiazole rings is 1. The molecule has 2 aromatic carbocycles. The number of fused-ring (bicyclic) bond motifs is 1. The highest BCUT2D eigenvalue weighted by Gasteiger charge is 2.10. The van der Waals surface area contributed by atoms with Gasteiger partial charge in [-0.25, -0.2) is 4.98 Å². The van der Waals surface area contributed by atoms with Crippen molar-refractivity contribution < 1.29 is 19.1 Å². The number of amides is 2. The first-order chi connectivity index (χ1) is 13.5. The zero-order chi connectivity index (χ0) is 20.1. The molecule has 2 amide bonds. The number of methoxy groups -OCH3 is 2. The number of rotatable bonds is 7. The van der Waals surface area contributed by atoms with Crippen LogP contribution in [0, 0.1) is 0 Å². The Kier molecular flexibility index (Phi) is 6.10. The zero-order valence-corrected chi connectivity index (χ0v) is 16.7. The highest BCUT2D eigenvalue weighted by molar-refractivity contribution is 7.22. The summed E-state index contributed by atoms with van der Waals surface area (Å²) in [6.45, 7) is 1.46. The van der Waals surface area contributed by atoms with Crippen molar-refractivity contribution >= 4 is 44.2 Å². The fourth-order valence-electron chi connectivity index (χ4n) is 2.73. The Morgan fingerprint density at radius 3 is 2.54 bits per heavy atom. The summed E-state index contributed by atoms with van der Waals surface area (Å²) in [7, 11) is 3.17. The third-order valence-electron chi connectivity index (χ3n) is 4.04. The first kappa shape index (κ1) is 19.6.